The van der Waals surface area contributed by atoms with Crippen LogP contribution in [0.15, 0.2) is 58.1 Å². The van der Waals surface area contributed by atoms with Crippen LogP contribution in [0.1, 0.15) is 38.9 Å². The molecule has 154 valence electrons. The molecule has 2 heterocycles. The molecule has 1 unspecified atom stereocenters. The lowest BCUT2D eigenvalue weighted by molar-refractivity contribution is 0.457. The molecular formula is C22H33IN4O. The molecule has 1 aliphatic rings. The topological polar surface area (TPSA) is 52.8 Å². The average Bonchev–Trinajstić information content (AvgIpc) is 3.22. The minimum Gasteiger partial charge on any atom is -0.469 e. The number of rotatable bonds is 7. The summed E-state index contributed by atoms with van der Waals surface area (Å²) in [7, 11) is 0. The zero-order valence-corrected chi connectivity index (χ0v) is 19.3. The predicted octanol–water partition coefficient (Wildman–Crippen LogP) is 4.44. The van der Waals surface area contributed by atoms with Crippen molar-refractivity contribution in [2.24, 2.45) is 4.99 Å². The van der Waals surface area contributed by atoms with Gasteiger partial charge in [0.25, 0.3) is 0 Å². The number of piperidine rings is 1. The SMILES string of the molecule is CCC(C)NC(=NCCc1ccco1)NC1CCN(c2ccccc2)CC1.I. The van der Waals surface area contributed by atoms with E-state index in [1.807, 2.05) is 12.1 Å². The smallest absolute Gasteiger partial charge is 0.191 e. The van der Waals surface area contributed by atoms with E-state index in [9.17, 15) is 0 Å². The Bertz CT molecular complexity index is 682. The maximum atomic E-state index is 5.41. The van der Waals surface area contributed by atoms with E-state index in [1.165, 1.54) is 5.69 Å². The van der Waals surface area contributed by atoms with Gasteiger partial charge in [0.05, 0.1) is 6.26 Å². The summed E-state index contributed by atoms with van der Waals surface area (Å²) >= 11 is 0. The lowest BCUT2D eigenvalue weighted by Gasteiger charge is -2.35. The Balaban J connectivity index is 0.00000280. The van der Waals surface area contributed by atoms with Gasteiger partial charge in [-0.15, -0.1) is 24.0 Å². The third kappa shape index (κ3) is 7.04. The van der Waals surface area contributed by atoms with Crippen LogP contribution in [-0.4, -0.2) is 37.7 Å². The van der Waals surface area contributed by atoms with Crippen LogP contribution in [0.3, 0.4) is 0 Å². The molecule has 0 saturated carbocycles. The highest BCUT2D eigenvalue weighted by atomic mass is 127. The second-order valence-electron chi connectivity index (χ2n) is 7.25. The summed E-state index contributed by atoms with van der Waals surface area (Å²) < 4.78 is 5.41. The Labute approximate surface area is 186 Å². The van der Waals surface area contributed by atoms with Crippen molar-refractivity contribution in [2.75, 3.05) is 24.5 Å². The largest absolute Gasteiger partial charge is 0.469 e. The molecular weight excluding hydrogens is 463 g/mol. The summed E-state index contributed by atoms with van der Waals surface area (Å²) in [6.07, 6.45) is 5.86. The van der Waals surface area contributed by atoms with Gasteiger partial charge in [-0.1, -0.05) is 25.1 Å². The maximum Gasteiger partial charge on any atom is 0.191 e. The number of nitrogens with zero attached hydrogens (tertiary/aromatic N) is 2. The summed E-state index contributed by atoms with van der Waals surface area (Å²) in [6, 6.07) is 15.5. The van der Waals surface area contributed by atoms with Crippen LogP contribution in [0, 0.1) is 0 Å². The van der Waals surface area contributed by atoms with E-state index in [1.54, 1.807) is 6.26 Å². The van der Waals surface area contributed by atoms with E-state index >= 15 is 0 Å². The standard InChI is InChI=1S/C22H32N4O.HI/c1-3-18(2)24-22(23-14-11-21-10-7-17-27-21)25-19-12-15-26(16-13-19)20-8-5-4-6-9-20;/h4-10,17-19H,3,11-16H2,1-2H3,(H2,23,24,25);1H. The van der Waals surface area contributed by atoms with Gasteiger partial charge in [0.1, 0.15) is 5.76 Å². The molecule has 1 saturated heterocycles. The number of benzene rings is 1. The average molecular weight is 496 g/mol. The number of hydrogen-bond acceptors (Lipinski definition) is 3. The fraction of sp³-hybridized carbons (Fsp3) is 0.500. The van der Waals surface area contributed by atoms with Gasteiger partial charge in [0.2, 0.25) is 0 Å². The van der Waals surface area contributed by atoms with Crippen LogP contribution in [-0.2, 0) is 6.42 Å². The number of hydrogen-bond donors (Lipinski definition) is 2. The zero-order valence-electron chi connectivity index (χ0n) is 16.9. The molecule has 1 aromatic heterocycles. The van der Waals surface area contributed by atoms with Gasteiger partial charge < -0.3 is 20.0 Å². The van der Waals surface area contributed by atoms with Crippen LogP contribution in [0.2, 0.25) is 0 Å². The first-order chi connectivity index (χ1) is 13.2. The lowest BCUT2D eigenvalue weighted by atomic mass is 10.0. The van der Waals surface area contributed by atoms with Crippen molar-refractivity contribution >= 4 is 35.6 Å². The molecule has 2 N–H and O–H groups in total. The Hall–Kier alpha value is -1.70. The van der Waals surface area contributed by atoms with E-state index in [2.05, 4.69) is 59.7 Å². The highest BCUT2D eigenvalue weighted by Crippen LogP contribution is 2.19. The number of furan rings is 1. The Kier molecular flexibility index (Phi) is 9.67. The van der Waals surface area contributed by atoms with E-state index in [0.717, 1.165) is 57.0 Å². The van der Waals surface area contributed by atoms with Gasteiger partial charge in [0.15, 0.2) is 5.96 Å². The number of para-hydroxylation sites is 1. The third-order valence-corrected chi connectivity index (χ3v) is 5.16. The predicted molar refractivity (Wildman–Crippen MR) is 128 cm³/mol. The fourth-order valence-corrected chi connectivity index (χ4v) is 3.32. The summed E-state index contributed by atoms with van der Waals surface area (Å²) in [5.74, 6) is 1.91. The minimum absolute atomic E-state index is 0. The maximum absolute atomic E-state index is 5.41. The highest BCUT2D eigenvalue weighted by molar-refractivity contribution is 14.0. The van der Waals surface area contributed by atoms with E-state index in [-0.39, 0.29) is 24.0 Å². The molecule has 1 aromatic carbocycles. The fourth-order valence-electron chi connectivity index (χ4n) is 3.32. The van der Waals surface area contributed by atoms with Gasteiger partial charge in [-0.3, -0.25) is 4.99 Å². The van der Waals surface area contributed by atoms with E-state index in [0.29, 0.717) is 12.1 Å². The molecule has 0 bridgehead atoms. The number of halogens is 1. The Morgan fingerprint density at radius 2 is 1.93 bits per heavy atom. The van der Waals surface area contributed by atoms with Crippen LogP contribution in [0.4, 0.5) is 5.69 Å². The van der Waals surface area contributed by atoms with Crippen molar-refractivity contribution < 1.29 is 4.42 Å². The summed E-state index contributed by atoms with van der Waals surface area (Å²) in [4.78, 5) is 7.24. The van der Waals surface area contributed by atoms with Gasteiger partial charge >= 0.3 is 0 Å². The highest BCUT2D eigenvalue weighted by Gasteiger charge is 2.20. The number of guanidine groups is 1. The first-order valence-corrected chi connectivity index (χ1v) is 10.1. The van der Waals surface area contributed by atoms with Crippen LogP contribution in [0.25, 0.3) is 0 Å². The Morgan fingerprint density at radius 3 is 2.57 bits per heavy atom. The Morgan fingerprint density at radius 1 is 1.18 bits per heavy atom. The quantitative estimate of drug-likeness (QED) is 0.338. The molecule has 28 heavy (non-hydrogen) atoms. The second-order valence-corrected chi connectivity index (χ2v) is 7.25. The van der Waals surface area contributed by atoms with Crippen molar-refractivity contribution in [1.82, 2.24) is 10.6 Å². The summed E-state index contributed by atoms with van der Waals surface area (Å²) in [6.45, 7) is 7.26. The molecule has 2 aromatic rings. The monoisotopic (exact) mass is 496 g/mol. The van der Waals surface area contributed by atoms with E-state index in [4.69, 9.17) is 9.41 Å². The van der Waals surface area contributed by atoms with Crippen molar-refractivity contribution in [2.45, 2.75) is 51.6 Å². The number of aliphatic imine (C=N–C) groups is 1. The molecule has 0 aliphatic carbocycles. The molecule has 1 atom stereocenters. The van der Waals surface area contributed by atoms with Crippen molar-refractivity contribution in [3.63, 3.8) is 0 Å². The van der Waals surface area contributed by atoms with Crippen molar-refractivity contribution in [3.05, 3.63) is 54.5 Å². The van der Waals surface area contributed by atoms with Crippen LogP contribution >= 0.6 is 24.0 Å². The first kappa shape index (κ1) is 22.6. The normalized spacial score (nSPS) is 16.4. The molecule has 0 spiro atoms. The molecule has 5 nitrogen and oxygen atoms in total. The minimum atomic E-state index is 0. The molecule has 6 heteroatoms. The zero-order chi connectivity index (χ0) is 18.9. The van der Waals surface area contributed by atoms with Crippen LogP contribution < -0.4 is 15.5 Å². The summed E-state index contributed by atoms with van der Waals surface area (Å²) in [5.41, 5.74) is 1.32. The second kappa shape index (κ2) is 12.0. The molecule has 0 amide bonds. The number of nitrogens with one attached hydrogen (secondary N) is 2. The van der Waals surface area contributed by atoms with Gasteiger partial charge in [-0.2, -0.15) is 0 Å². The summed E-state index contributed by atoms with van der Waals surface area (Å²) in [5, 5.41) is 7.19. The van der Waals surface area contributed by atoms with E-state index < -0.39 is 0 Å². The molecule has 0 radical (unpaired) electrons. The lowest BCUT2D eigenvalue weighted by Crippen LogP contribution is -2.50. The van der Waals surface area contributed by atoms with Gasteiger partial charge in [-0.05, 0) is 50.5 Å². The van der Waals surface area contributed by atoms with Crippen molar-refractivity contribution in [1.29, 1.82) is 0 Å². The molecule has 1 aliphatic heterocycles. The third-order valence-electron chi connectivity index (χ3n) is 5.16. The van der Waals surface area contributed by atoms with Crippen molar-refractivity contribution in [3.8, 4) is 0 Å². The molecule has 3 rings (SSSR count). The van der Waals surface area contributed by atoms with Gasteiger partial charge in [0, 0.05) is 43.8 Å². The first-order valence-electron chi connectivity index (χ1n) is 10.1. The number of anilines is 1. The van der Waals surface area contributed by atoms with Crippen LogP contribution in [0.5, 0.6) is 0 Å². The van der Waals surface area contributed by atoms with Gasteiger partial charge in [-0.25, -0.2) is 0 Å². The molecule has 1 fully saturated rings.